The summed E-state index contributed by atoms with van der Waals surface area (Å²) in [5.41, 5.74) is -1.60. The van der Waals surface area contributed by atoms with Crippen molar-refractivity contribution in [2.75, 3.05) is 327 Å². The average Bonchev–Trinajstić information content (AvgIpc) is 0.846. The molecule has 0 spiro atoms. The van der Waals surface area contributed by atoms with Crippen molar-refractivity contribution in [1.82, 2.24) is 100 Å². The van der Waals surface area contributed by atoms with Gasteiger partial charge in [0, 0.05) is 215 Å². The number of hydrogen-bond donors (Lipinski definition) is 18. The third kappa shape index (κ3) is 53.0. The molecule has 0 aliphatic carbocycles. The number of amides is 4. The maximum absolute atomic E-state index is 14.5. The molecule has 0 bridgehead atoms. The van der Waals surface area contributed by atoms with Gasteiger partial charge in [0.25, 0.3) is 0 Å². The zero-order valence-corrected chi connectivity index (χ0v) is 67.0. The summed E-state index contributed by atoms with van der Waals surface area (Å²) < 4.78 is 0. The lowest BCUT2D eigenvalue weighted by atomic mass is 9.86. The van der Waals surface area contributed by atoms with Gasteiger partial charge in [-0.1, -0.05) is 13.8 Å². The van der Waals surface area contributed by atoms with Crippen LogP contribution in [0.3, 0.4) is 0 Å². The number of carboxylic acids is 12. The van der Waals surface area contributed by atoms with Crippen molar-refractivity contribution in [3.63, 3.8) is 0 Å². The van der Waals surface area contributed by atoms with Crippen LogP contribution in [-0.4, -0.2) is 552 Å². The van der Waals surface area contributed by atoms with E-state index < -0.39 is 205 Å². The van der Waals surface area contributed by atoms with E-state index in [0.29, 0.717) is 26.2 Å². The fourth-order valence-electron chi connectivity index (χ4n) is 12.7. The second-order valence-electron chi connectivity index (χ2n) is 28.7. The van der Waals surface area contributed by atoms with Gasteiger partial charge in [-0.25, -0.2) is 0 Å². The number of carbonyl (C=O) groups is 16. The summed E-state index contributed by atoms with van der Waals surface area (Å²) in [6.07, 6.45) is 0. The highest BCUT2D eigenvalue weighted by Gasteiger charge is 2.35. The van der Waals surface area contributed by atoms with E-state index >= 15 is 0 Å². The van der Waals surface area contributed by atoms with Gasteiger partial charge in [0.1, 0.15) is 0 Å². The molecule has 48 nitrogen and oxygen atoms in total. The van der Waals surface area contributed by atoms with E-state index in [1.165, 1.54) is 0 Å². The molecule has 0 saturated carbocycles. The van der Waals surface area contributed by atoms with Gasteiger partial charge in [-0.15, -0.1) is 0 Å². The maximum atomic E-state index is 14.5. The van der Waals surface area contributed by atoms with E-state index in [-0.39, 0.29) is 196 Å². The number of rotatable bonds is 48. The molecular weight excluding hydrogens is 1560 g/mol. The summed E-state index contributed by atoms with van der Waals surface area (Å²) in [5, 5.41) is 131. The Kier molecular flexibility index (Phi) is 52.1. The molecule has 3 rings (SSSR count). The predicted molar refractivity (Wildman–Crippen MR) is 413 cm³/mol. The average molecular weight is 1680 g/mol. The van der Waals surface area contributed by atoms with E-state index in [1.54, 1.807) is 68.6 Å². The second kappa shape index (κ2) is 58.7. The maximum Gasteiger partial charge on any atom is 0.317 e. The molecular formula is C69H124N20O28. The van der Waals surface area contributed by atoms with Crippen LogP contribution >= 0.6 is 0 Å². The van der Waals surface area contributed by atoms with E-state index in [4.69, 9.17) is 15.3 Å². The lowest BCUT2D eigenvalue weighted by molar-refractivity contribution is -0.140. The van der Waals surface area contributed by atoms with Crippen LogP contribution in [0.5, 0.6) is 0 Å². The first-order chi connectivity index (χ1) is 55.3. The zero-order chi connectivity index (χ0) is 87.4. The highest BCUT2D eigenvalue weighted by atomic mass is 16.4. The van der Waals surface area contributed by atoms with Crippen molar-refractivity contribution in [3.05, 3.63) is 0 Å². The Balaban J connectivity index is 0.00000259. The van der Waals surface area contributed by atoms with Crippen LogP contribution in [0.1, 0.15) is 13.8 Å². The molecule has 3 aliphatic rings. The molecule has 18 N–H and O–H groups in total. The fraction of sp³-hybridized carbons (Fsp3) is 0.768. The summed E-state index contributed by atoms with van der Waals surface area (Å²) in [6.45, 7) is 0.575. The van der Waals surface area contributed by atoms with Gasteiger partial charge in [-0.05, 0) is 13.1 Å². The van der Waals surface area contributed by atoms with Gasteiger partial charge in [0.05, 0.1) is 105 Å². The minimum atomic E-state index is -1.60. The Hall–Kier alpha value is -9.12. The number of nitrogens with one attached hydrogen (secondary N) is 6. The SMILES string of the molecule is CCN(CCN(CC)CC(=O)O)CC(=O)O.O=C(O)CNCCNCC(=O)NCC(CNC(=O)CN1CCN(CC(=O)O)CCN(CC(=O)O)CCN(CC(=O)O)CC1)(CNC(=O)CN1CCN(CC(=O)O)CCN(CC(=O)O)CCN(CC(=O)O)CC1)CNC(=O)CN1CCN(CC(=O)O)CCN(CC(=O)O)CCN(CC(=O)O)CC1. The third-order valence-corrected chi connectivity index (χ3v) is 19.1. The van der Waals surface area contributed by atoms with Gasteiger partial charge in [0.15, 0.2) is 0 Å². The standard InChI is InChI=1S/C59H104N18O24.C10H20N2O4/c78-45(27-60-1-2-61-28-49(82)83)62-41-59(42-63-46(79)29-66-3-9-69(32-50(84)85)15-21-75(38-56(96)97)22-16-70(10-4-66)33-51(86)87,43-64-47(80)30-67-5-11-71(34-52(88)89)17-23-76(39-57(98)99)24-18-72(12-6-67)35-53(90)91)44-65-48(81)31-68-7-13-73(36-54(92)93)19-25-77(40-58(100)101)26-20-74(14-8-68)37-55(94)95;1-3-11(7-9(13)14)5-6-12(4-2)8-10(15)16/h60-61H,1-44H2,(H,62,78)(H,63,79)(H,64,80)(H,65,81)(H,82,83)(H,84,85)(H,86,87)(H,88,89)(H,90,91)(H,92,93)(H,94,95)(H,96,97)(H,98,99)(H,100,101);3-8H2,1-2H3,(H,13,14)(H,15,16). The van der Waals surface area contributed by atoms with Crippen LogP contribution in [0.2, 0.25) is 0 Å². The van der Waals surface area contributed by atoms with Crippen LogP contribution < -0.4 is 31.9 Å². The van der Waals surface area contributed by atoms with Crippen molar-refractivity contribution in [2.45, 2.75) is 13.8 Å². The molecule has 4 amide bonds. The number of carbonyl (C=O) groups excluding carboxylic acids is 4. The summed E-state index contributed by atoms with van der Waals surface area (Å²) in [5.74, 6) is -16.0. The van der Waals surface area contributed by atoms with Crippen LogP contribution in [0, 0.1) is 5.41 Å². The Morgan fingerprint density at radius 2 is 0.410 bits per heavy atom. The first-order valence-corrected chi connectivity index (χ1v) is 38.5. The van der Waals surface area contributed by atoms with Gasteiger partial charge in [0.2, 0.25) is 23.6 Å². The van der Waals surface area contributed by atoms with Gasteiger partial charge < -0.3 is 93.2 Å². The van der Waals surface area contributed by atoms with Gasteiger partial charge in [-0.2, -0.15) is 0 Å². The summed E-state index contributed by atoms with van der Waals surface area (Å²) >= 11 is 0. The quantitative estimate of drug-likeness (QED) is 0.0252. The molecule has 3 fully saturated rings. The molecule has 3 aliphatic heterocycles. The number of nitrogens with zero attached hydrogens (tertiary/aromatic N) is 14. The van der Waals surface area contributed by atoms with Gasteiger partial charge in [-0.3, -0.25) is 145 Å². The van der Waals surface area contributed by atoms with E-state index in [9.17, 15) is 123 Å². The fourth-order valence-corrected chi connectivity index (χ4v) is 12.7. The molecule has 3 heterocycles. The van der Waals surface area contributed by atoms with Crippen LogP contribution in [0.15, 0.2) is 0 Å². The summed E-state index contributed by atoms with van der Waals surface area (Å²) in [7, 11) is 0. The second-order valence-corrected chi connectivity index (χ2v) is 28.7. The smallest absolute Gasteiger partial charge is 0.317 e. The van der Waals surface area contributed by atoms with Crippen LogP contribution in [0.25, 0.3) is 0 Å². The largest absolute Gasteiger partial charge is 0.480 e. The molecule has 0 aromatic rings. The lowest BCUT2D eigenvalue weighted by Crippen LogP contribution is -2.59. The first-order valence-electron chi connectivity index (χ1n) is 38.5. The number of hydrogen-bond acceptors (Lipinski definition) is 32. The zero-order valence-electron chi connectivity index (χ0n) is 67.0. The van der Waals surface area contributed by atoms with Gasteiger partial charge >= 0.3 is 71.6 Å². The minimum Gasteiger partial charge on any atom is -0.480 e. The number of likely N-dealkylation sites (N-methyl/N-ethyl adjacent to an activating group) is 2. The summed E-state index contributed by atoms with van der Waals surface area (Å²) in [4.78, 5) is 220. The number of carboxylic acid groups (broad SMARTS) is 12. The summed E-state index contributed by atoms with van der Waals surface area (Å²) in [6, 6.07) is 0. The van der Waals surface area contributed by atoms with E-state index in [2.05, 4.69) is 31.9 Å². The van der Waals surface area contributed by atoms with E-state index in [0.717, 1.165) is 0 Å². The number of aliphatic carboxylic acids is 12. The predicted octanol–water partition coefficient (Wildman–Crippen LogP) is -11.1. The minimum absolute atomic E-state index is 0.00112. The van der Waals surface area contributed by atoms with Crippen LogP contribution in [0.4, 0.5) is 0 Å². The topological polar surface area (TPSA) is 633 Å². The molecule has 48 heteroatoms. The molecule has 117 heavy (non-hydrogen) atoms. The van der Waals surface area contributed by atoms with Crippen molar-refractivity contribution < 1.29 is 138 Å². The van der Waals surface area contributed by atoms with Crippen molar-refractivity contribution in [1.29, 1.82) is 0 Å². The monoisotopic (exact) mass is 1680 g/mol. The Bertz CT molecular complexity index is 2790. The highest BCUT2D eigenvalue weighted by Crippen LogP contribution is 2.16. The third-order valence-electron chi connectivity index (χ3n) is 19.1. The molecule has 668 valence electrons. The molecule has 0 unspecified atom stereocenters. The van der Waals surface area contributed by atoms with E-state index in [1.807, 2.05) is 13.8 Å². The molecule has 0 radical (unpaired) electrons. The van der Waals surface area contributed by atoms with Crippen LogP contribution in [-0.2, 0) is 76.7 Å². The molecule has 0 aromatic heterocycles. The highest BCUT2D eigenvalue weighted by molar-refractivity contribution is 5.81. The molecule has 3 saturated heterocycles. The normalized spacial score (nSPS) is 17.5. The molecule has 0 aromatic carbocycles. The Labute approximate surface area is 678 Å². The van der Waals surface area contributed by atoms with Crippen molar-refractivity contribution >= 4 is 95.3 Å². The Morgan fingerprint density at radius 1 is 0.239 bits per heavy atom. The van der Waals surface area contributed by atoms with Crippen molar-refractivity contribution in [3.8, 4) is 0 Å². The Morgan fingerprint density at radius 3 is 0.573 bits per heavy atom. The molecule has 0 atom stereocenters. The lowest BCUT2D eigenvalue weighted by Gasteiger charge is -2.36. The first kappa shape index (κ1) is 104. The van der Waals surface area contributed by atoms with Crippen molar-refractivity contribution in [2.24, 2.45) is 5.41 Å².